The fraction of sp³-hybridized carbons (Fsp3) is 0.462. The molecule has 3 nitrogen and oxygen atoms in total. The molecule has 0 spiro atoms. The highest BCUT2D eigenvalue weighted by atomic mass is 35.5. The number of hydrogen-bond acceptors (Lipinski definition) is 2. The topological polar surface area (TPSA) is 46.3 Å². The van der Waals surface area contributed by atoms with Gasteiger partial charge in [-0.05, 0) is 32.0 Å². The third-order valence-corrected chi connectivity index (χ3v) is 3.52. The first-order valence-corrected chi connectivity index (χ1v) is 6.12. The summed E-state index contributed by atoms with van der Waals surface area (Å²) in [4.78, 5) is 13.3. The molecular weight excluding hydrogens is 236 g/mol. The molecule has 2 N–H and O–H groups in total. The van der Waals surface area contributed by atoms with Gasteiger partial charge in [-0.2, -0.15) is 0 Å². The maximum absolute atomic E-state index is 11.3. The summed E-state index contributed by atoms with van der Waals surface area (Å²) >= 11 is 6.15. The second kappa shape index (κ2) is 6.03. The lowest BCUT2D eigenvalue weighted by atomic mass is 10.0. The van der Waals surface area contributed by atoms with Crippen LogP contribution in [0.15, 0.2) is 24.3 Å². The van der Waals surface area contributed by atoms with Gasteiger partial charge < -0.3 is 5.73 Å². The summed E-state index contributed by atoms with van der Waals surface area (Å²) in [6.07, 6.45) is 0.695. The molecule has 0 radical (unpaired) electrons. The molecule has 0 bridgehead atoms. The number of primary amides is 1. The van der Waals surface area contributed by atoms with Gasteiger partial charge in [0.2, 0.25) is 5.91 Å². The van der Waals surface area contributed by atoms with Crippen LogP contribution in [0.1, 0.15) is 31.9 Å². The number of hydrogen-bond donors (Lipinski definition) is 1. The normalized spacial score (nSPS) is 14.6. The Balaban J connectivity index is 2.93. The van der Waals surface area contributed by atoms with Crippen molar-refractivity contribution in [3.05, 3.63) is 34.9 Å². The zero-order valence-electron chi connectivity index (χ0n) is 10.5. The van der Waals surface area contributed by atoms with Gasteiger partial charge >= 0.3 is 0 Å². The molecular formula is C13H19ClN2O. The van der Waals surface area contributed by atoms with Gasteiger partial charge in [0.15, 0.2) is 0 Å². The van der Waals surface area contributed by atoms with E-state index in [1.165, 1.54) is 0 Å². The van der Waals surface area contributed by atoms with Crippen LogP contribution in [-0.2, 0) is 4.79 Å². The standard InChI is InChI=1S/C13H19ClN2O/c1-4-12(13(15)17)16(3)9(2)10-7-5-6-8-11(10)14/h5-9,12H,4H2,1-3H3,(H2,15,17). The third-order valence-electron chi connectivity index (χ3n) is 3.17. The van der Waals surface area contributed by atoms with Crippen LogP contribution in [0.5, 0.6) is 0 Å². The van der Waals surface area contributed by atoms with Crippen LogP contribution in [0.2, 0.25) is 5.02 Å². The highest BCUT2D eigenvalue weighted by Gasteiger charge is 2.24. The van der Waals surface area contributed by atoms with E-state index < -0.39 is 0 Å². The quantitative estimate of drug-likeness (QED) is 0.878. The lowest BCUT2D eigenvalue weighted by Gasteiger charge is -2.31. The van der Waals surface area contributed by atoms with Crippen molar-refractivity contribution in [3.8, 4) is 0 Å². The summed E-state index contributed by atoms with van der Waals surface area (Å²) in [6, 6.07) is 7.45. The first-order valence-electron chi connectivity index (χ1n) is 5.74. The van der Waals surface area contributed by atoms with Crippen LogP contribution < -0.4 is 5.73 Å². The summed E-state index contributed by atoms with van der Waals surface area (Å²) in [5.41, 5.74) is 6.40. The average molecular weight is 255 g/mol. The van der Waals surface area contributed by atoms with Gasteiger partial charge in [0.05, 0.1) is 6.04 Å². The first kappa shape index (κ1) is 14.0. The lowest BCUT2D eigenvalue weighted by Crippen LogP contribution is -2.43. The molecule has 0 heterocycles. The minimum Gasteiger partial charge on any atom is -0.368 e. The van der Waals surface area contributed by atoms with Gasteiger partial charge in [-0.3, -0.25) is 9.69 Å². The summed E-state index contributed by atoms with van der Waals surface area (Å²) < 4.78 is 0. The number of amides is 1. The van der Waals surface area contributed by atoms with Gasteiger partial charge in [-0.1, -0.05) is 36.7 Å². The Hall–Kier alpha value is -1.06. The number of carbonyl (C=O) groups is 1. The maximum atomic E-state index is 11.3. The summed E-state index contributed by atoms with van der Waals surface area (Å²) in [7, 11) is 1.90. The Morgan fingerprint density at radius 3 is 2.53 bits per heavy atom. The number of carbonyl (C=O) groups excluding carboxylic acids is 1. The average Bonchev–Trinajstić information content (AvgIpc) is 2.29. The van der Waals surface area contributed by atoms with Crippen LogP contribution in [-0.4, -0.2) is 23.9 Å². The van der Waals surface area contributed by atoms with Gasteiger partial charge in [-0.25, -0.2) is 0 Å². The smallest absolute Gasteiger partial charge is 0.234 e. The highest BCUT2D eigenvalue weighted by molar-refractivity contribution is 6.31. The molecule has 1 amide bonds. The number of likely N-dealkylation sites (N-methyl/N-ethyl adjacent to an activating group) is 1. The number of benzene rings is 1. The maximum Gasteiger partial charge on any atom is 0.234 e. The van der Waals surface area contributed by atoms with Crippen LogP contribution >= 0.6 is 11.6 Å². The Bertz CT molecular complexity index is 395. The SMILES string of the molecule is CCC(C(N)=O)N(C)C(C)c1ccccc1Cl. The molecule has 2 unspecified atom stereocenters. The van der Waals surface area contributed by atoms with Crippen molar-refractivity contribution in [3.63, 3.8) is 0 Å². The van der Waals surface area contributed by atoms with Gasteiger partial charge in [0.25, 0.3) is 0 Å². The van der Waals surface area contributed by atoms with E-state index in [-0.39, 0.29) is 18.0 Å². The van der Waals surface area contributed by atoms with Crippen LogP contribution in [0.3, 0.4) is 0 Å². The van der Waals surface area contributed by atoms with Crippen LogP contribution in [0.25, 0.3) is 0 Å². The molecule has 0 aliphatic rings. The molecule has 1 rings (SSSR count). The van der Waals surface area contributed by atoms with Crippen molar-refractivity contribution in [2.75, 3.05) is 7.05 Å². The van der Waals surface area contributed by atoms with Crippen molar-refractivity contribution in [1.29, 1.82) is 0 Å². The second-order valence-corrected chi connectivity index (χ2v) is 4.60. The molecule has 2 atom stereocenters. The molecule has 0 saturated heterocycles. The summed E-state index contributed by atoms with van der Waals surface area (Å²) in [5.74, 6) is -0.297. The summed E-state index contributed by atoms with van der Waals surface area (Å²) in [6.45, 7) is 3.97. The molecule has 17 heavy (non-hydrogen) atoms. The number of halogens is 1. The summed E-state index contributed by atoms with van der Waals surface area (Å²) in [5, 5.41) is 0.714. The van der Waals surface area contributed by atoms with E-state index in [2.05, 4.69) is 0 Å². The molecule has 1 aromatic carbocycles. The molecule has 0 aliphatic carbocycles. The molecule has 0 aromatic heterocycles. The molecule has 94 valence electrons. The van der Waals surface area contributed by atoms with E-state index in [1.54, 1.807) is 0 Å². The van der Waals surface area contributed by atoms with Crippen molar-refractivity contribution >= 4 is 17.5 Å². The van der Waals surface area contributed by atoms with Crippen molar-refractivity contribution in [2.45, 2.75) is 32.4 Å². The number of nitrogens with zero attached hydrogens (tertiary/aromatic N) is 1. The minimum atomic E-state index is -0.297. The van der Waals surface area contributed by atoms with Crippen molar-refractivity contribution in [2.24, 2.45) is 5.73 Å². The van der Waals surface area contributed by atoms with Crippen molar-refractivity contribution < 1.29 is 4.79 Å². The predicted molar refractivity (Wildman–Crippen MR) is 70.9 cm³/mol. The molecule has 0 saturated carbocycles. The monoisotopic (exact) mass is 254 g/mol. The Kier molecular flexibility index (Phi) is 4.97. The van der Waals surface area contributed by atoms with Gasteiger partial charge in [-0.15, -0.1) is 0 Å². The van der Waals surface area contributed by atoms with Gasteiger partial charge in [0.1, 0.15) is 0 Å². The predicted octanol–water partition coefficient (Wildman–Crippen LogP) is 2.60. The number of nitrogens with two attached hydrogens (primary N) is 1. The van der Waals surface area contributed by atoms with Gasteiger partial charge in [0, 0.05) is 11.1 Å². The fourth-order valence-electron chi connectivity index (χ4n) is 1.99. The zero-order valence-corrected chi connectivity index (χ0v) is 11.2. The molecule has 1 aromatic rings. The largest absolute Gasteiger partial charge is 0.368 e. The zero-order chi connectivity index (χ0) is 13.0. The van der Waals surface area contributed by atoms with E-state index in [9.17, 15) is 4.79 Å². The molecule has 4 heteroatoms. The van der Waals surface area contributed by atoms with E-state index in [4.69, 9.17) is 17.3 Å². The van der Waals surface area contributed by atoms with Crippen LogP contribution in [0.4, 0.5) is 0 Å². The Labute approximate surface area is 108 Å². The van der Waals surface area contributed by atoms with E-state index in [0.717, 1.165) is 5.56 Å². The van der Waals surface area contributed by atoms with Crippen molar-refractivity contribution in [1.82, 2.24) is 4.90 Å². The minimum absolute atomic E-state index is 0.0566. The lowest BCUT2D eigenvalue weighted by molar-refractivity contribution is -0.123. The Morgan fingerprint density at radius 2 is 2.06 bits per heavy atom. The molecule has 0 fully saturated rings. The van der Waals surface area contributed by atoms with E-state index >= 15 is 0 Å². The third kappa shape index (κ3) is 3.20. The van der Waals surface area contributed by atoms with E-state index in [1.807, 2.05) is 50.1 Å². The molecule has 0 aliphatic heterocycles. The highest BCUT2D eigenvalue weighted by Crippen LogP contribution is 2.27. The first-order chi connectivity index (χ1) is 7.99. The Morgan fingerprint density at radius 1 is 1.47 bits per heavy atom. The fourth-order valence-corrected chi connectivity index (χ4v) is 2.29. The number of rotatable bonds is 5. The second-order valence-electron chi connectivity index (χ2n) is 4.19. The van der Waals surface area contributed by atoms with Crippen LogP contribution in [0, 0.1) is 0 Å². The van der Waals surface area contributed by atoms with E-state index in [0.29, 0.717) is 11.4 Å².